The largest absolute Gasteiger partial charge is 0.325 e. The zero-order valence-electron chi connectivity index (χ0n) is 13.7. The van der Waals surface area contributed by atoms with E-state index in [-0.39, 0.29) is 5.91 Å². The molecule has 0 unspecified atom stereocenters. The summed E-state index contributed by atoms with van der Waals surface area (Å²) in [5, 5.41) is 11.2. The predicted octanol–water partition coefficient (Wildman–Crippen LogP) is 1.89. The smallest absolute Gasteiger partial charge is 0.224 e. The van der Waals surface area contributed by atoms with E-state index in [0.717, 1.165) is 17.2 Å². The molecule has 0 bridgehead atoms. The third-order valence-electron chi connectivity index (χ3n) is 3.52. The number of rotatable bonds is 6. The van der Waals surface area contributed by atoms with Gasteiger partial charge in [-0.25, -0.2) is 14.6 Å². The van der Waals surface area contributed by atoms with Gasteiger partial charge < -0.3 is 5.32 Å². The Labute approximate surface area is 139 Å². The number of hydrogen-bond acceptors (Lipinski definition) is 5. The van der Waals surface area contributed by atoms with Crippen LogP contribution in [0.25, 0.3) is 5.82 Å². The number of pyridine rings is 1. The van der Waals surface area contributed by atoms with E-state index in [4.69, 9.17) is 0 Å². The average molecular weight is 325 g/mol. The number of hydrogen-bond donors (Lipinski definition) is 1. The number of nitrogens with zero attached hydrogens (tertiary/aromatic N) is 6. The first kappa shape index (κ1) is 15.9. The number of nitrogens with one attached hydrogen (secondary N) is 1. The van der Waals surface area contributed by atoms with Gasteiger partial charge in [0.15, 0.2) is 5.82 Å². The second kappa shape index (κ2) is 7.03. The van der Waals surface area contributed by atoms with Crippen molar-refractivity contribution in [2.24, 2.45) is 0 Å². The van der Waals surface area contributed by atoms with E-state index < -0.39 is 0 Å². The molecule has 24 heavy (non-hydrogen) atoms. The van der Waals surface area contributed by atoms with Gasteiger partial charge in [-0.3, -0.25) is 9.48 Å². The molecule has 0 aliphatic carbocycles. The van der Waals surface area contributed by atoms with Crippen molar-refractivity contribution in [1.29, 1.82) is 0 Å². The Morgan fingerprint density at radius 3 is 2.79 bits per heavy atom. The van der Waals surface area contributed by atoms with Crippen molar-refractivity contribution in [3.8, 4) is 5.82 Å². The summed E-state index contributed by atoms with van der Waals surface area (Å²) in [4.78, 5) is 20.2. The van der Waals surface area contributed by atoms with E-state index in [1.807, 2.05) is 32.0 Å². The maximum atomic E-state index is 12.0. The van der Waals surface area contributed by atoms with Gasteiger partial charge in [-0.1, -0.05) is 0 Å². The van der Waals surface area contributed by atoms with Crippen LogP contribution in [0.2, 0.25) is 0 Å². The third kappa shape index (κ3) is 3.83. The summed E-state index contributed by atoms with van der Waals surface area (Å²) in [5.74, 6) is 0.681. The summed E-state index contributed by atoms with van der Waals surface area (Å²) in [7, 11) is 0. The van der Waals surface area contributed by atoms with Gasteiger partial charge in [-0.2, -0.15) is 10.2 Å². The highest BCUT2D eigenvalue weighted by Crippen LogP contribution is 2.13. The number of carbonyl (C=O) groups is 1. The number of aryl methyl sites for hydroxylation is 3. The minimum Gasteiger partial charge on any atom is -0.325 e. The van der Waals surface area contributed by atoms with Crippen LogP contribution in [0.5, 0.6) is 0 Å². The quantitative estimate of drug-likeness (QED) is 0.747. The van der Waals surface area contributed by atoms with Gasteiger partial charge in [0.25, 0.3) is 0 Å². The van der Waals surface area contributed by atoms with Crippen LogP contribution in [0.3, 0.4) is 0 Å². The molecule has 1 amide bonds. The maximum Gasteiger partial charge on any atom is 0.224 e. The summed E-state index contributed by atoms with van der Waals surface area (Å²) in [5.41, 5.74) is 2.63. The summed E-state index contributed by atoms with van der Waals surface area (Å²) >= 11 is 0. The third-order valence-corrected chi connectivity index (χ3v) is 3.52. The van der Waals surface area contributed by atoms with Crippen LogP contribution in [0, 0.1) is 13.8 Å². The first-order valence-electron chi connectivity index (χ1n) is 7.74. The Morgan fingerprint density at radius 1 is 1.29 bits per heavy atom. The van der Waals surface area contributed by atoms with Gasteiger partial charge in [0, 0.05) is 18.7 Å². The highest BCUT2D eigenvalue weighted by atomic mass is 16.1. The molecule has 0 aromatic carbocycles. The van der Waals surface area contributed by atoms with Gasteiger partial charge in [-0.15, -0.1) is 0 Å². The maximum absolute atomic E-state index is 12.0. The lowest BCUT2D eigenvalue weighted by Crippen LogP contribution is -2.13. The molecule has 0 fully saturated rings. The molecule has 0 aliphatic heterocycles. The van der Waals surface area contributed by atoms with E-state index in [2.05, 4.69) is 25.5 Å². The molecular formula is C16H19N7O. The van der Waals surface area contributed by atoms with Crippen LogP contribution < -0.4 is 5.32 Å². The molecule has 0 aliphatic rings. The van der Waals surface area contributed by atoms with Gasteiger partial charge in [0.2, 0.25) is 5.91 Å². The fourth-order valence-electron chi connectivity index (χ4n) is 2.42. The lowest BCUT2D eigenvalue weighted by Gasteiger charge is -2.07. The summed E-state index contributed by atoms with van der Waals surface area (Å²) in [6, 6.07) is 5.66. The summed E-state index contributed by atoms with van der Waals surface area (Å²) in [6.07, 6.45) is 5.88. The van der Waals surface area contributed by atoms with E-state index in [0.29, 0.717) is 25.1 Å². The van der Waals surface area contributed by atoms with E-state index >= 15 is 0 Å². The minimum atomic E-state index is -0.0456. The predicted molar refractivity (Wildman–Crippen MR) is 88.7 cm³/mol. The first-order valence-corrected chi connectivity index (χ1v) is 7.74. The van der Waals surface area contributed by atoms with Crippen LogP contribution in [0.4, 0.5) is 5.69 Å². The van der Waals surface area contributed by atoms with Gasteiger partial charge in [-0.05, 0) is 38.5 Å². The molecule has 3 aromatic heterocycles. The number of carbonyl (C=O) groups excluding carboxylic acids is 1. The highest BCUT2D eigenvalue weighted by Gasteiger charge is 2.07. The summed E-state index contributed by atoms with van der Waals surface area (Å²) in [6.45, 7) is 4.59. The van der Waals surface area contributed by atoms with E-state index in [1.165, 1.54) is 6.33 Å². The lowest BCUT2D eigenvalue weighted by atomic mass is 10.3. The molecule has 0 saturated heterocycles. The van der Waals surface area contributed by atoms with Gasteiger partial charge >= 0.3 is 0 Å². The topological polar surface area (TPSA) is 90.5 Å². The highest BCUT2D eigenvalue weighted by molar-refractivity contribution is 5.90. The van der Waals surface area contributed by atoms with Gasteiger partial charge in [0.05, 0.1) is 17.6 Å². The van der Waals surface area contributed by atoms with Crippen LogP contribution in [-0.4, -0.2) is 35.4 Å². The Bertz CT molecular complexity index is 806. The van der Waals surface area contributed by atoms with Crippen LogP contribution in [0.1, 0.15) is 24.2 Å². The number of anilines is 1. The number of aromatic nitrogens is 6. The van der Waals surface area contributed by atoms with Crippen molar-refractivity contribution in [3.63, 3.8) is 0 Å². The zero-order chi connectivity index (χ0) is 16.9. The molecule has 3 rings (SSSR count). The molecule has 0 spiro atoms. The molecule has 1 N–H and O–H groups in total. The number of amides is 1. The Balaban J connectivity index is 1.54. The van der Waals surface area contributed by atoms with Crippen molar-refractivity contribution in [3.05, 3.63) is 48.4 Å². The normalized spacial score (nSPS) is 10.8. The Hall–Kier alpha value is -3.03. The fraction of sp³-hybridized carbons (Fsp3) is 0.312. The van der Waals surface area contributed by atoms with Crippen LogP contribution >= 0.6 is 0 Å². The molecule has 8 heteroatoms. The van der Waals surface area contributed by atoms with Crippen molar-refractivity contribution < 1.29 is 4.79 Å². The summed E-state index contributed by atoms with van der Waals surface area (Å²) < 4.78 is 3.48. The molecule has 124 valence electrons. The van der Waals surface area contributed by atoms with Crippen LogP contribution in [-0.2, 0) is 11.3 Å². The molecule has 3 aromatic rings. The minimum absolute atomic E-state index is 0.0456. The molecule has 8 nitrogen and oxygen atoms in total. The Morgan fingerprint density at radius 2 is 2.17 bits per heavy atom. The van der Waals surface area contributed by atoms with Crippen LogP contribution in [0.15, 0.2) is 37.1 Å². The lowest BCUT2D eigenvalue weighted by molar-refractivity contribution is -0.116. The standard InChI is InChI=1S/C16H19N7O/c1-12-8-13(2)23(21-12)15-6-5-14(9-18-15)20-16(24)4-3-7-22-11-17-10-19-22/h5-6,8-11H,3-4,7H2,1-2H3,(H,20,24). The molecular weight excluding hydrogens is 306 g/mol. The zero-order valence-corrected chi connectivity index (χ0v) is 13.7. The van der Waals surface area contributed by atoms with Crippen molar-refractivity contribution in [2.45, 2.75) is 33.2 Å². The van der Waals surface area contributed by atoms with E-state index in [9.17, 15) is 4.79 Å². The van der Waals surface area contributed by atoms with E-state index in [1.54, 1.807) is 21.9 Å². The monoisotopic (exact) mass is 325 g/mol. The molecule has 3 heterocycles. The van der Waals surface area contributed by atoms with Crippen molar-refractivity contribution in [1.82, 2.24) is 29.5 Å². The second-order valence-electron chi connectivity index (χ2n) is 5.55. The fourth-order valence-corrected chi connectivity index (χ4v) is 2.42. The Kier molecular flexibility index (Phi) is 4.64. The van der Waals surface area contributed by atoms with Crippen molar-refractivity contribution in [2.75, 3.05) is 5.32 Å². The van der Waals surface area contributed by atoms with Crippen molar-refractivity contribution >= 4 is 11.6 Å². The average Bonchev–Trinajstić information content (AvgIpc) is 3.18. The molecule has 0 radical (unpaired) electrons. The van der Waals surface area contributed by atoms with Gasteiger partial charge in [0.1, 0.15) is 12.7 Å². The second-order valence-corrected chi connectivity index (χ2v) is 5.55. The SMILES string of the molecule is Cc1cc(C)n(-c2ccc(NC(=O)CCCn3cncn3)cn2)n1. The first-order chi connectivity index (χ1) is 11.6. The molecule has 0 saturated carbocycles. The molecule has 0 atom stereocenters.